The summed E-state index contributed by atoms with van der Waals surface area (Å²) in [5, 5.41) is 2.49. The van der Waals surface area contributed by atoms with Gasteiger partial charge in [-0.25, -0.2) is 13.6 Å². The Hall–Kier alpha value is -1.97. The van der Waals surface area contributed by atoms with Crippen LogP contribution in [-0.4, -0.2) is 77.0 Å². The summed E-state index contributed by atoms with van der Waals surface area (Å²) in [6.45, 7) is 5.53. The molecule has 0 aliphatic carbocycles. The van der Waals surface area contributed by atoms with Gasteiger partial charge in [-0.15, -0.1) is 0 Å². The minimum absolute atomic E-state index is 0.101. The van der Waals surface area contributed by atoms with Crippen molar-refractivity contribution < 1.29 is 27.9 Å². The molecule has 3 atom stereocenters. The molecule has 0 unspecified atom stereocenters. The van der Waals surface area contributed by atoms with Gasteiger partial charge in [-0.1, -0.05) is 0 Å². The number of nitrogens with one attached hydrogen (secondary N) is 1. The van der Waals surface area contributed by atoms with Crippen molar-refractivity contribution >= 4 is 17.9 Å². The molecule has 160 valence electrons. The molecule has 10 heteroatoms. The van der Waals surface area contributed by atoms with Crippen LogP contribution in [0.1, 0.15) is 47.0 Å². The van der Waals surface area contributed by atoms with Crippen LogP contribution in [0.5, 0.6) is 0 Å². The van der Waals surface area contributed by atoms with E-state index < -0.39 is 48.1 Å². The van der Waals surface area contributed by atoms with Gasteiger partial charge in [0.05, 0.1) is 6.54 Å². The van der Waals surface area contributed by atoms with Gasteiger partial charge in [0, 0.05) is 26.1 Å². The minimum Gasteiger partial charge on any atom is -0.444 e. The molecular weight excluding hydrogens is 374 g/mol. The number of ether oxygens (including phenoxy) is 1. The average Bonchev–Trinajstić information content (AvgIpc) is 2.90. The van der Waals surface area contributed by atoms with E-state index in [0.29, 0.717) is 25.8 Å². The largest absolute Gasteiger partial charge is 0.444 e. The summed E-state index contributed by atoms with van der Waals surface area (Å²) in [5.74, 6) is -4.05. The number of hydrogen-bond acceptors (Lipinski definition) is 5. The quantitative estimate of drug-likeness (QED) is 0.730. The molecule has 3 N–H and O–H groups in total. The van der Waals surface area contributed by atoms with Gasteiger partial charge in [-0.3, -0.25) is 14.5 Å². The number of primary amides is 1. The highest BCUT2D eigenvalue weighted by Gasteiger charge is 2.45. The molecule has 2 aliphatic rings. The number of alkyl carbamates (subject to hydrolysis) is 1. The third-order valence-electron chi connectivity index (χ3n) is 4.80. The summed E-state index contributed by atoms with van der Waals surface area (Å²) >= 11 is 0. The second-order valence-corrected chi connectivity index (χ2v) is 8.69. The standard InChI is InChI=1S/C18H30F2N4O4/c1-17(2,3)28-16(27)22-12-9-23(10-18(4,19)20)8-7-11-5-6-13(14(21)25)24(11)15(12)26/h11-13H,5-10H2,1-4H3,(H2,21,25)(H,22,27)/t11-,12+,13+/m1/s1. The second-order valence-electron chi connectivity index (χ2n) is 8.69. The van der Waals surface area contributed by atoms with Crippen LogP contribution in [-0.2, 0) is 14.3 Å². The normalized spacial score (nSPS) is 27.0. The van der Waals surface area contributed by atoms with E-state index in [1.807, 2.05) is 0 Å². The smallest absolute Gasteiger partial charge is 0.408 e. The van der Waals surface area contributed by atoms with E-state index in [1.165, 1.54) is 9.80 Å². The number of halogens is 2. The van der Waals surface area contributed by atoms with Gasteiger partial charge in [0.15, 0.2) is 0 Å². The Labute approximate surface area is 163 Å². The van der Waals surface area contributed by atoms with Crippen LogP contribution in [0.25, 0.3) is 0 Å². The van der Waals surface area contributed by atoms with Crippen LogP contribution in [0.15, 0.2) is 0 Å². The van der Waals surface area contributed by atoms with Gasteiger partial charge in [0.25, 0.3) is 5.92 Å². The maximum Gasteiger partial charge on any atom is 0.408 e. The van der Waals surface area contributed by atoms with Gasteiger partial charge in [-0.05, 0) is 40.0 Å². The molecule has 0 aromatic heterocycles. The first-order chi connectivity index (χ1) is 12.8. The maximum absolute atomic E-state index is 13.6. The molecule has 0 spiro atoms. The van der Waals surface area contributed by atoms with E-state index in [9.17, 15) is 23.2 Å². The zero-order chi connectivity index (χ0) is 21.3. The average molecular weight is 404 g/mol. The van der Waals surface area contributed by atoms with E-state index in [0.717, 1.165) is 6.92 Å². The minimum atomic E-state index is -2.94. The molecule has 8 nitrogen and oxygen atoms in total. The van der Waals surface area contributed by atoms with E-state index in [4.69, 9.17) is 10.5 Å². The summed E-state index contributed by atoms with van der Waals surface area (Å²) < 4.78 is 32.4. The molecule has 3 amide bonds. The Morgan fingerprint density at radius 2 is 1.86 bits per heavy atom. The first-order valence-electron chi connectivity index (χ1n) is 9.48. The highest BCUT2D eigenvalue weighted by atomic mass is 19.3. The summed E-state index contributed by atoms with van der Waals surface area (Å²) in [6, 6.07) is -2.14. The first-order valence-corrected chi connectivity index (χ1v) is 9.48. The van der Waals surface area contributed by atoms with Crippen molar-refractivity contribution in [3.8, 4) is 0 Å². The molecule has 0 saturated carbocycles. The van der Waals surface area contributed by atoms with E-state index in [1.54, 1.807) is 20.8 Å². The van der Waals surface area contributed by atoms with Gasteiger partial charge in [-0.2, -0.15) is 0 Å². The lowest BCUT2D eigenvalue weighted by atomic mass is 10.1. The molecule has 0 radical (unpaired) electrons. The molecule has 2 fully saturated rings. The number of nitrogens with zero attached hydrogens (tertiary/aromatic N) is 2. The molecule has 0 bridgehead atoms. The lowest BCUT2D eigenvalue weighted by Gasteiger charge is -2.39. The molecular formula is C18H30F2N4O4. The fraction of sp³-hybridized carbons (Fsp3) is 0.833. The van der Waals surface area contributed by atoms with E-state index >= 15 is 0 Å². The molecule has 28 heavy (non-hydrogen) atoms. The fourth-order valence-corrected chi connectivity index (χ4v) is 3.81. The number of hydrogen-bond donors (Lipinski definition) is 2. The number of carbonyl (C=O) groups is 3. The summed E-state index contributed by atoms with van der Waals surface area (Å²) in [4.78, 5) is 40.0. The third kappa shape index (κ3) is 6.02. The van der Waals surface area contributed by atoms with Crippen LogP contribution in [0.3, 0.4) is 0 Å². The molecule has 2 rings (SSSR count). The monoisotopic (exact) mass is 404 g/mol. The molecule has 0 aromatic rings. The Bertz CT molecular complexity index is 618. The zero-order valence-corrected chi connectivity index (χ0v) is 16.8. The molecule has 2 saturated heterocycles. The van der Waals surface area contributed by atoms with Crippen molar-refractivity contribution in [2.24, 2.45) is 5.73 Å². The topological polar surface area (TPSA) is 105 Å². The van der Waals surface area contributed by atoms with E-state index in [2.05, 4.69) is 5.32 Å². The second kappa shape index (κ2) is 8.18. The van der Waals surface area contributed by atoms with Crippen LogP contribution in [0, 0.1) is 0 Å². The summed E-state index contributed by atoms with van der Waals surface area (Å²) in [7, 11) is 0. The number of nitrogens with two attached hydrogens (primary N) is 1. The number of rotatable bonds is 4. The van der Waals surface area contributed by atoms with Crippen LogP contribution in [0.4, 0.5) is 13.6 Å². The fourth-order valence-electron chi connectivity index (χ4n) is 3.81. The number of carbonyl (C=O) groups excluding carboxylic acids is 3. The van der Waals surface area contributed by atoms with Crippen LogP contribution in [0.2, 0.25) is 0 Å². The van der Waals surface area contributed by atoms with Gasteiger partial charge >= 0.3 is 6.09 Å². The Morgan fingerprint density at radius 3 is 2.39 bits per heavy atom. The predicted molar refractivity (Wildman–Crippen MR) is 97.7 cm³/mol. The zero-order valence-electron chi connectivity index (χ0n) is 16.8. The van der Waals surface area contributed by atoms with E-state index in [-0.39, 0.29) is 12.6 Å². The highest BCUT2D eigenvalue weighted by molar-refractivity contribution is 5.91. The number of fused-ring (bicyclic) bond motifs is 1. The third-order valence-corrected chi connectivity index (χ3v) is 4.80. The summed E-state index contributed by atoms with van der Waals surface area (Å²) in [5.41, 5.74) is 4.66. The molecule has 2 heterocycles. The Morgan fingerprint density at radius 1 is 1.21 bits per heavy atom. The predicted octanol–water partition coefficient (Wildman–Crippen LogP) is 1.09. The van der Waals surface area contributed by atoms with Gasteiger partial charge in [0.2, 0.25) is 11.8 Å². The summed E-state index contributed by atoms with van der Waals surface area (Å²) in [6.07, 6.45) is 0.634. The van der Waals surface area contributed by atoms with Crippen molar-refractivity contribution in [1.29, 1.82) is 0 Å². The number of amides is 3. The van der Waals surface area contributed by atoms with Crippen molar-refractivity contribution in [2.45, 2.75) is 76.6 Å². The number of alkyl halides is 2. The molecule has 0 aromatic carbocycles. The van der Waals surface area contributed by atoms with Crippen LogP contribution < -0.4 is 11.1 Å². The van der Waals surface area contributed by atoms with Gasteiger partial charge in [0.1, 0.15) is 17.7 Å². The lowest BCUT2D eigenvalue weighted by molar-refractivity contribution is -0.143. The Kier molecular flexibility index (Phi) is 6.52. The maximum atomic E-state index is 13.6. The first kappa shape index (κ1) is 22.3. The van der Waals surface area contributed by atoms with Crippen LogP contribution >= 0.6 is 0 Å². The lowest BCUT2D eigenvalue weighted by Crippen LogP contribution is -2.61. The Balaban J connectivity index is 2.25. The van der Waals surface area contributed by atoms with Crippen molar-refractivity contribution in [1.82, 2.24) is 15.1 Å². The SMILES string of the molecule is CC(F)(F)CN1CC[C@H]2CC[C@@H](C(N)=O)N2C(=O)[C@@H](NC(=O)OC(C)(C)C)C1. The van der Waals surface area contributed by atoms with Gasteiger partial charge < -0.3 is 20.7 Å². The highest BCUT2D eigenvalue weighted by Crippen LogP contribution is 2.29. The van der Waals surface area contributed by atoms with Crippen molar-refractivity contribution in [3.63, 3.8) is 0 Å². The molecule has 2 aliphatic heterocycles. The van der Waals surface area contributed by atoms with Crippen molar-refractivity contribution in [3.05, 3.63) is 0 Å². The van der Waals surface area contributed by atoms with Crippen molar-refractivity contribution in [2.75, 3.05) is 19.6 Å².